The van der Waals surface area contributed by atoms with E-state index in [1.54, 1.807) is 25.1 Å². The Bertz CT molecular complexity index is 3730. The number of carbonyl (C=O) groups excluding carboxylic acids is 2. The zero-order valence-corrected chi connectivity index (χ0v) is 43.1. The Morgan fingerprint density at radius 2 is 1.22 bits per heavy atom. The molecule has 8 heterocycles. The lowest BCUT2D eigenvalue weighted by atomic mass is 10.0. The number of hydrogen-bond donors (Lipinski definition) is 3. The summed E-state index contributed by atoms with van der Waals surface area (Å²) >= 11 is 0. The molecular formula is C55H49F5N12O6S. The van der Waals surface area contributed by atoms with Crippen LogP contribution in [-0.4, -0.2) is 90.1 Å². The minimum absolute atomic E-state index is 0.00317. The van der Waals surface area contributed by atoms with Crippen LogP contribution in [-0.2, 0) is 32.7 Å². The Labute approximate surface area is 449 Å². The van der Waals surface area contributed by atoms with Crippen molar-refractivity contribution in [1.82, 2.24) is 49.5 Å². The summed E-state index contributed by atoms with van der Waals surface area (Å²) in [5.41, 5.74) is -1.08. The standard InChI is InChI=1S/C28H24F4N6O4S.C27H25FN6O2/c1-18(35-27(39)42-16-19-6-3-2-4-7-19)9-10-22-21(14-20(29)15-33-22)24-8-5-13-37(24)25-12-11-23-26(36-25)38(17-34-23)43(40,41)28(30,31)32;1-18(32-27(35)36-16-19-6-3-2-4-7-19)9-10-22-21(14-20(28)15-29-22)24-8-5-13-34(24)25-12-11-23-26(33-25)31-17-30-23/h2-4,6-7,11-12,14-15,17-18,24H,5,8,13,16H2,1H3,(H,35,39);2-4,6-7,11-12,14-15,17-18,24H,5,8,13,16H2,1H3,(H,32,35)(H,30,31,33)/t2*18-,24?/m11/s1. The van der Waals surface area contributed by atoms with Crippen molar-refractivity contribution in [2.75, 3.05) is 22.9 Å². The Morgan fingerprint density at radius 3 is 1.73 bits per heavy atom. The van der Waals surface area contributed by atoms with Gasteiger partial charge < -0.3 is 34.9 Å². The monoisotopic (exact) mass is 1100 g/mol. The number of rotatable bonds is 11. The number of H-pyrrole nitrogens is 1. The van der Waals surface area contributed by atoms with Crippen LogP contribution in [0.2, 0.25) is 0 Å². The normalized spacial score (nSPS) is 15.9. The number of ether oxygens (including phenoxy) is 2. The maximum Gasteiger partial charge on any atom is 0.517 e. The Kier molecular flexibility index (Phi) is 16.6. The number of amides is 2. The molecule has 2 aliphatic heterocycles. The summed E-state index contributed by atoms with van der Waals surface area (Å²) in [6.45, 7) is 4.83. The highest BCUT2D eigenvalue weighted by molar-refractivity contribution is 7.90. The molecular weight excluding hydrogens is 1050 g/mol. The van der Waals surface area contributed by atoms with E-state index < -0.39 is 63.1 Å². The number of anilines is 2. The number of aromatic nitrogens is 8. The van der Waals surface area contributed by atoms with E-state index in [1.165, 1.54) is 24.3 Å². The second kappa shape index (κ2) is 24.0. The molecule has 2 fully saturated rings. The highest BCUT2D eigenvalue weighted by Gasteiger charge is 2.48. The van der Waals surface area contributed by atoms with Gasteiger partial charge in [-0.25, -0.2) is 52.2 Å². The second-order valence-electron chi connectivity index (χ2n) is 18.2. The van der Waals surface area contributed by atoms with Gasteiger partial charge in [-0.3, -0.25) is 0 Å². The van der Waals surface area contributed by atoms with Crippen LogP contribution in [0, 0.1) is 35.3 Å². The molecule has 2 aliphatic rings. The fraction of sp³-hybridized carbons (Fsp3) is 0.273. The van der Waals surface area contributed by atoms with Crippen molar-refractivity contribution in [2.24, 2.45) is 0 Å². The molecule has 2 amide bonds. The number of carbonyl (C=O) groups is 2. The van der Waals surface area contributed by atoms with Gasteiger partial charge in [-0.1, -0.05) is 72.5 Å². The third-order valence-corrected chi connectivity index (χ3v) is 14.0. The summed E-state index contributed by atoms with van der Waals surface area (Å²) in [4.78, 5) is 56.5. The van der Waals surface area contributed by atoms with Crippen LogP contribution >= 0.6 is 0 Å². The quantitative estimate of drug-likeness (QED) is 0.0814. The number of fused-ring (bicyclic) bond motifs is 2. The lowest BCUT2D eigenvalue weighted by Crippen LogP contribution is -2.32. The number of alkyl halides is 3. The third-order valence-electron chi connectivity index (χ3n) is 12.7. The summed E-state index contributed by atoms with van der Waals surface area (Å²) in [7, 11) is -5.76. The minimum atomic E-state index is -5.76. The number of pyridine rings is 4. The highest BCUT2D eigenvalue weighted by atomic mass is 32.2. The second-order valence-corrected chi connectivity index (χ2v) is 20.0. The lowest BCUT2D eigenvalue weighted by molar-refractivity contribution is -0.0445. The summed E-state index contributed by atoms with van der Waals surface area (Å²) in [6, 6.07) is 26.3. The first-order valence-corrected chi connectivity index (χ1v) is 26.2. The zero-order chi connectivity index (χ0) is 55.7. The average molecular weight is 1100 g/mol. The Morgan fingerprint density at radius 1 is 0.709 bits per heavy atom. The van der Waals surface area contributed by atoms with Crippen molar-refractivity contribution in [3.8, 4) is 23.7 Å². The number of hydrogen-bond acceptors (Lipinski definition) is 14. The van der Waals surface area contributed by atoms with E-state index in [0.717, 1.165) is 54.2 Å². The molecule has 0 aliphatic carbocycles. The SMILES string of the molecule is C[C@H](C#Cc1ncc(F)cc1C1CCCN1c1ccc2[nH]cnc2n1)NC(=O)OCc1ccccc1.C[C@H](C#Cc1ncc(F)cc1C1CCCN1c1ccc2ncn(S(=O)(=O)C(F)(F)F)c2n1)NC(=O)OCc1ccccc1. The average Bonchev–Trinajstić information content (AvgIpc) is 4.35. The van der Waals surface area contributed by atoms with Gasteiger partial charge in [0.1, 0.15) is 59.7 Å². The van der Waals surface area contributed by atoms with E-state index in [2.05, 4.69) is 74.1 Å². The molecule has 24 heteroatoms. The molecule has 6 aromatic heterocycles. The van der Waals surface area contributed by atoms with Crippen molar-refractivity contribution >= 4 is 56.2 Å². The van der Waals surface area contributed by atoms with Crippen LogP contribution in [0.3, 0.4) is 0 Å². The third kappa shape index (κ3) is 13.2. The molecule has 2 unspecified atom stereocenters. The van der Waals surface area contributed by atoms with Crippen molar-refractivity contribution in [1.29, 1.82) is 0 Å². The summed E-state index contributed by atoms with van der Waals surface area (Å²) in [6.07, 6.45) is 5.99. The Hall–Kier alpha value is -9.16. The van der Waals surface area contributed by atoms with Gasteiger partial charge >= 0.3 is 27.7 Å². The van der Waals surface area contributed by atoms with Gasteiger partial charge in [0, 0.05) is 24.2 Å². The van der Waals surface area contributed by atoms with Gasteiger partial charge in [-0.2, -0.15) is 21.6 Å². The summed E-state index contributed by atoms with van der Waals surface area (Å²) in [5.74, 6) is 11.7. The van der Waals surface area contributed by atoms with Crippen LogP contribution in [0.25, 0.3) is 22.3 Å². The van der Waals surface area contributed by atoms with Crippen molar-refractivity contribution < 1.29 is 49.4 Å². The van der Waals surface area contributed by atoms with E-state index in [-0.39, 0.29) is 40.3 Å². The first kappa shape index (κ1) is 54.6. The maximum atomic E-state index is 14.4. The molecule has 0 bridgehead atoms. The number of nitrogens with one attached hydrogen (secondary N) is 3. The minimum Gasteiger partial charge on any atom is -0.445 e. The van der Waals surface area contributed by atoms with E-state index in [1.807, 2.05) is 72.8 Å². The van der Waals surface area contributed by atoms with Crippen molar-refractivity contribution in [2.45, 2.75) is 82.4 Å². The Balaban J connectivity index is 0.000000195. The maximum absolute atomic E-state index is 14.4. The van der Waals surface area contributed by atoms with Crippen molar-refractivity contribution in [3.05, 3.63) is 167 Å². The summed E-state index contributed by atoms with van der Waals surface area (Å²) in [5, 5.41) is 5.31. The number of imidazole rings is 2. The fourth-order valence-electron chi connectivity index (χ4n) is 8.95. The molecule has 406 valence electrons. The molecule has 0 radical (unpaired) electrons. The molecule has 0 saturated carbocycles. The van der Waals surface area contributed by atoms with Gasteiger partial charge in [0.15, 0.2) is 11.3 Å². The number of aromatic amines is 1. The molecule has 18 nitrogen and oxygen atoms in total. The molecule has 3 N–H and O–H groups in total. The molecule has 79 heavy (non-hydrogen) atoms. The van der Waals surface area contributed by atoms with E-state index in [0.29, 0.717) is 48.2 Å². The molecule has 2 aromatic carbocycles. The van der Waals surface area contributed by atoms with Crippen LogP contribution in [0.4, 0.5) is 43.2 Å². The van der Waals surface area contributed by atoms with Gasteiger partial charge in [0.2, 0.25) is 0 Å². The zero-order valence-electron chi connectivity index (χ0n) is 42.3. The van der Waals surface area contributed by atoms with Crippen LogP contribution in [0.15, 0.2) is 122 Å². The van der Waals surface area contributed by atoms with Gasteiger partial charge in [-0.05, 0) is 98.9 Å². The largest absolute Gasteiger partial charge is 0.517 e. The highest BCUT2D eigenvalue weighted by Crippen LogP contribution is 2.39. The van der Waals surface area contributed by atoms with Crippen LogP contribution < -0.4 is 20.4 Å². The van der Waals surface area contributed by atoms with Crippen molar-refractivity contribution in [3.63, 3.8) is 0 Å². The van der Waals surface area contributed by atoms with Crippen LogP contribution in [0.1, 0.15) is 85.3 Å². The molecule has 10 rings (SSSR count). The van der Waals surface area contributed by atoms with Gasteiger partial charge in [0.25, 0.3) is 0 Å². The fourth-order valence-corrected chi connectivity index (χ4v) is 9.70. The first-order chi connectivity index (χ1) is 38.0. The number of halogens is 5. The predicted molar refractivity (Wildman–Crippen MR) is 281 cm³/mol. The smallest absolute Gasteiger partial charge is 0.445 e. The van der Waals surface area contributed by atoms with Gasteiger partial charge in [0.05, 0.1) is 48.4 Å². The number of nitrogens with zero attached hydrogens (tertiary/aromatic N) is 9. The predicted octanol–water partition coefficient (Wildman–Crippen LogP) is 9.17. The molecule has 4 atom stereocenters. The first-order valence-electron chi connectivity index (χ1n) is 24.8. The van der Waals surface area contributed by atoms with Crippen LogP contribution in [0.5, 0.6) is 0 Å². The lowest BCUT2D eigenvalue weighted by Gasteiger charge is -2.26. The number of benzene rings is 2. The number of alkyl carbamates (subject to hydrolysis) is 2. The summed E-state index contributed by atoms with van der Waals surface area (Å²) < 4.78 is 103. The van der Waals surface area contributed by atoms with E-state index in [9.17, 15) is 40.0 Å². The molecule has 2 saturated heterocycles. The molecule has 8 aromatic rings. The van der Waals surface area contributed by atoms with Gasteiger partial charge in [-0.15, -0.1) is 0 Å². The molecule has 0 spiro atoms. The van der Waals surface area contributed by atoms with E-state index >= 15 is 0 Å². The topological polar surface area (TPSA) is 215 Å². The van der Waals surface area contributed by atoms with E-state index in [4.69, 9.17) is 9.47 Å².